The van der Waals surface area contributed by atoms with E-state index in [1.165, 1.54) is 17.8 Å². The molecule has 4 aromatic rings. The van der Waals surface area contributed by atoms with Crippen molar-refractivity contribution in [2.24, 2.45) is 0 Å². The Labute approximate surface area is 158 Å². The molecule has 0 atom stereocenters. The molecule has 2 aromatic heterocycles. The van der Waals surface area contributed by atoms with Gasteiger partial charge in [-0.15, -0.1) is 0 Å². The number of hydrogen-bond acceptors (Lipinski definition) is 5. The number of rotatable bonds is 5. The quantitative estimate of drug-likeness (QED) is 0.518. The van der Waals surface area contributed by atoms with Gasteiger partial charge in [0.15, 0.2) is 5.76 Å². The van der Waals surface area contributed by atoms with Gasteiger partial charge in [-0.3, -0.25) is 9.78 Å². The van der Waals surface area contributed by atoms with E-state index in [4.69, 9.17) is 4.42 Å². The van der Waals surface area contributed by atoms with Crippen molar-refractivity contribution in [3.05, 3.63) is 93.3 Å². The van der Waals surface area contributed by atoms with Crippen molar-refractivity contribution in [2.75, 3.05) is 0 Å². The van der Waals surface area contributed by atoms with Crippen LogP contribution in [-0.2, 0) is 5.75 Å². The van der Waals surface area contributed by atoms with Crippen molar-refractivity contribution < 1.29 is 4.42 Å². The molecule has 7 heteroatoms. The number of benzene rings is 2. The smallest absolute Gasteiger partial charge is 0.325 e. The Bertz CT molecular complexity index is 1080. The maximum atomic E-state index is 11.4. The Morgan fingerprint density at radius 2 is 1.56 bits per heavy atom. The normalized spacial score (nSPS) is 10.8. The van der Waals surface area contributed by atoms with Gasteiger partial charge in [0.2, 0.25) is 0 Å². The minimum Gasteiger partial charge on any atom is -0.431 e. The Morgan fingerprint density at radius 3 is 2.22 bits per heavy atom. The van der Waals surface area contributed by atoms with Crippen LogP contribution in [0, 0.1) is 0 Å². The molecule has 27 heavy (non-hydrogen) atoms. The second kappa shape index (κ2) is 7.51. The van der Waals surface area contributed by atoms with Crippen LogP contribution in [0.1, 0.15) is 5.69 Å². The lowest BCUT2D eigenvalue weighted by Gasteiger charge is -2.00. The first-order valence-corrected chi connectivity index (χ1v) is 9.24. The highest BCUT2D eigenvalue weighted by Crippen LogP contribution is 2.36. The highest BCUT2D eigenvalue weighted by Gasteiger charge is 2.17. The molecule has 0 saturated carbocycles. The molecule has 0 radical (unpaired) electrons. The van der Waals surface area contributed by atoms with E-state index in [1.54, 1.807) is 0 Å². The van der Waals surface area contributed by atoms with Crippen LogP contribution in [0.5, 0.6) is 0 Å². The van der Waals surface area contributed by atoms with Crippen molar-refractivity contribution in [1.82, 2.24) is 15.0 Å². The van der Waals surface area contributed by atoms with Gasteiger partial charge in [-0.05, 0) is 0 Å². The molecule has 134 valence electrons. The largest absolute Gasteiger partial charge is 0.431 e. The van der Waals surface area contributed by atoms with Crippen LogP contribution < -0.4 is 11.2 Å². The molecule has 2 N–H and O–H groups in total. The second-order valence-electron chi connectivity index (χ2n) is 5.79. The van der Waals surface area contributed by atoms with Gasteiger partial charge in [-0.25, -0.2) is 9.78 Å². The average Bonchev–Trinajstić information content (AvgIpc) is 3.11. The van der Waals surface area contributed by atoms with E-state index in [-0.39, 0.29) is 0 Å². The third kappa shape index (κ3) is 3.93. The Kier molecular flexibility index (Phi) is 4.76. The van der Waals surface area contributed by atoms with E-state index in [9.17, 15) is 9.59 Å². The molecule has 0 aliphatic rings. The molecule has 0 spiro atoms. The lowest BCUT2D eigenvalue weighted by atomic mass is 10.1. The summed E-state index contributed by atoms with van der Waals surface area (Å²) < 4.78 is 6.01. The van der Waals surface area contributed by atoms with Crippen molar-refractivity contribution in [3.63, 3.8) is 0 Å². The topological polar surface area (TPSA) is 91.8 Å². The van der Waals surface area contributed by atoms with Crippen LogP contribution in [0.3, 0.4) is 0 Å². The zero-order chi connectivity index (χ0) is 18.6. The van der Waals surface area contributed by atoms with E-state index < -0.39 is 11.2 Å². The number of aromatic amines is 2. The fourth-order valence-corrected chi connectivity index (χ4v) is 3.41. The first-order valence-electron chi connectivity index (χ1n) is 8.26. The van der Waals surface area contributed by atoms with Gasteiger partial charge in [-0.1, -0.05) is 72.4 Å². The van der Waals surface area contributed by atoms with Crippen LogP contribution in [0.25, 0.3) is 22.6 Å². The molecule has 0 fully saturated rings. The van der Waals surface area contributed by atoms with Gasteiger partial charge in [0.1, 0.15) is 5.69 Å². The Balaban J connectivity index is 1.69. The van der Waals surface area contributed by atoms with E-state index in [0.29, 0.717) is 22.4 Å². The standard InChI is InChI=1S/C20H15N3O3S/c24-16-11-15(21-19(25)22-16)12-27-20-23-17(13-7-3-1-4-8-13)18(26-20)14-9-5-2-6-10-14/h1-11H,12H2,(H2,21,22,24,25). The fourth-order valence-electron chi connectivity index (χ4n) is 2.68. The van der Waals surface area contributed by atoms with Crippen LogP contribution in [0.15, 0.2) is 86.0 Å². The molecule has 0 unspecified atom stereocenters. The number of aromatic nitrogens is 3. The number of oxazole rings is 1. The highest BCUT2D eigenvalue weighted by atomic mass is 32.2. The average molecular weight is 377 g/mol. The first kappa shape index (κ1) is 17.1. The molecule has 6 nitrogen and oxygen atoms in total. The maximum Gasteiger partial charge on any atom is 0.325 e. The van der Waals surface area contributed by atoms with Gasteiger partial charge in [-0.2, -0.15) is 0 Å². The third-order valence-corrected chi connectivity index (χ3v) is 4.73. The Hall–Kier alpha value is -3.32. The van der Waals surface area contributed by atoms with Gasteiger partial charge in [0.05, 0.1) is 0 Å². The monoisotopic (exact) mass is 377 g/mol. The minimum atomic E-state index is -0.527. The zero-order valence-electron chi connectivity index (χ0n) is 14.1. The number of thioether (sulfide) groups is 1. The molecule has 0 aliphatic carbocycles. The summed E-state index contributed by atoms with van der Waals surface area (Å²) in [5.74, 6) is 1.05. The molecule has 0 aliphatic heterocycles. The zero-order valence-corrected chi connectivity index (χ0v) is 15.0. The van der Waals surface area contributed by atoms with E-state index in [1.807, 2.05) is 60.7 Å². The summed E-state index contributed by atoms with van der Waals surface area (Å²) in [5.41, 5.74) is 2.19. The minimum absolute atomic E-state index is 0.363. The first-order chi connectivity index (χ1) is 13.2. The summed E-state index contributed by atoms with van der Waals surface area (Å²) in [6, 6.07) is 20.9. The number of nitrogens with zero attached hydrogens (tertiary/aromatic N) is 1. The van der Waals surface area contributed by atoms with E-state index in [0.717, 1.165) is 16.8 Å². The van der Waals surface area contributed by atoms with Gasteiger partial charge < -0.3 is 9.40 Å². The number of H-pyrrole nitrogens is 2. The summed E-state index contributed by atoms with van der Waals surface area (Å²) in [6.07, 6.45) is 0. The lowest BCUT2D eigenvalue weighted by molar-refractivity contribution is 0.466. The second-order valence-corrected chi connectivity index (χ2v) is 6.72. The van der Waals surface area contributed by atoms with Crippen molar-refractivity contribution in [1.29, 1.82) is 0 Å². The van der Waals surface area contributed by atoms with Crippen molar-refractivity contribution >= 4 is 11.8 Å². The summed E-state index contributed by atoms with van der Waals surface area (Å²) in [6.45, 7) is 0. The predicted octanol–water partition coefficient (Wildman–Crippen LogP) is 3.68. The van der Waals surface area contributed by atoms with Gasteiger partial charge in [0, 0.05) is 28.6 Å². The molecule has 2 aromatic carbocycles. The number of hydrogen-bond donors (Lipinski definition) is 2. The molecule has 4 rings (SSSR count). The molecule has 2 heterocycles. The van der Waals surface area contributed by atoms with Crippen LogP contribution in [0.4, 0.5) is 0 Å². The summed E-state index contributed by atoms with van der Waals surface area (Å²) in [7, 11) is 0. The van der Waals surface area contributed by atoms with Gasteiger partial charge in [0.25, 0.3) is 10.8 Å². The van der Waals surface area contributed by atoms with E-state index >= 15 is 0 Å². The lowest BCUT2D eigenvalue weighted by Crippen LogP contribution is -2.22. The maximum absolute atomic E-state index is 11.4. The Morgan fingerprint density at radius 1 is 0.889 bits per heavy atom. The molecule has 0 saturated heterocycles. The SMILES string of the molecule is O=c1cc(CSc2nc(-c3ccccc3)c(-c3ccccc3)o2)[nH]c(=O)[nH]1. The van der Waals surface area contributed by atoms with Crippen LogP contribution in [-0.4, -0.2) is 15.0 Å². The number of nitrogens with one attached hydrogen (secondary N) is 2. The molecular formula is C20H15N3O3S. The van der Waals surface area contributed by atoms with Crippen molar-refractivity contribution in [3.8, 4) is 22.6 Å². The molecular weight excluding hydrogens is 362 g/mol. The molecule has 0 bridgehead atoms. The summed E-state index contributed by atoms with van der Waals surface area (Å²) in [4.78, 5) is 32.2. The highest BCUT2D eigenvalue weighted by molar-refractivity contribution is 7.98. The predicted molar refractivity (Wildman–Crippen MR) is 105 cm³/mol. The summed E-state index contributed by atoms with van der Waals surface area (Å²) in [5, 5.41) is 0.467. The molecule has 0 amide bonds. The van der Waals surface area contributed by atoms with Crippen LogP contribution >= 0.6 is 11.8 Å². The van der Waals surface area contributed by atoms with Crippen molar-refractivity contribution in [2.45, 2.75) is 11.0 Å². The van der Waals surface area contributed by atoms with E-state index in [2.05, 4.69) is 15.0 Å². The van der Waals surface area contributed by atoms with Gasteiger partial charge >= 0.3 is 5.69 Å². The summed E-state index contributed by atoms with van der Waals surface area (Å²) >= 11 is 1.31. The fraction of sp³-hybridized carbons (Fsp3) is 0.0500. The van der Waals surface area contributed by atoms with Crippen LogP contribution in [0.2, 0.25) is 0 Å². The third-order valence-electron chi connectivity index (χ3n) is 3.86.